The Hall–Kier alpha value is -4.07. The highest BCUT2D eigenvalue weighted by atomic mass is 16.5. The Labute approximate surface area is 216 Å². The monoisotopic (exact) mass is 500 g/mol. The predicted octanol–water partition coefficient (Wildman–Crippen LogP) is 3.81. The van der Waals surface area contributed by atoms with Crippen LogP contribution in [0.2, 0.25) is 0 Å². The van der Waals surface area contributed by atoms with Gasteiger partial charge in [-0.3, -0.25) is 14.2 Å². The van der Waals surface area contributed by atoms with Crippen LogP contribution in [0.1, 0.15) is 47.6 Å². The van der Waals surface area contributed by atoms with Crippen LogP contribution in [0.15, 0.2) is 47.4 Å². The number of methoxy groups -OCH3 is 2. The number of anilines is 1. The largest absolute Gasteiger partial charge is 0.493 e. The van der Waals surface area contributed by atoms with Crippen molar-refractivity contribution in [3.63, 3.8) is 0 Å². The molecule has 0 radical (unpaired) electrons. The second kappa shape index (κ2) is 9.42. The summed E-state index contributed by atoms with van der Waals surface area (Å²) in [5.41, 5.74) is 6.66. The lowest BCUT2D eigenvalue weighted by molar-refractivity contribution is -0.127. The summed E-state index contributed by atoms with van der Waals surface area (Å²) in [5.74, 6) is 2.03. The zero-order chi connectivity index (χ0) is 26.4. The van der Waals surface area contributed by atoms with Crippen molar-refractivity contribution < 1.29 is 14.3 Å². The Balaban J connectivity index is 1.54. The third-order valence-electron chi connectivity index (χ3n) is 7.45. The van der Waals surface area contributed by atoms with Crippen LogP contribution < -0.4 is 19.9 Å². The molecule has 1 unspecified atom stereocenters. The van der Waals surface area contributed by atoms with Crippen LogP contribution in [0, 0.1) is 6.92 Å². The lowest BCUT2D eigenvalue weighted by Gasteiger charge is -2.23. The Morgan fingerprint density at radius 1 is 1.05 bits per heavy atom. The first-order valence-electron chi connectivity index (χ1n) is 12.4. The highest BCUT2D eigenvalue weighted by Gasteiger charge is 2.27. The summed E-state index contributed by atoms with van der Waals surface area (Å²) in [4.78, 5) is 33.8. The van der Waals surface area contributed by atoms with Gasteiger partial charge in [0.25, 0.3) is 5.56 Å². The molecule has 2 aromatic carbocycles. The van der Waals surface area contributed by atoms with Crippen molar-refractivity contribution in [3.8, 4) is 11.5 Å². The number of aryl methyl sites for hydroxylation is 1. The molecule has 192 valence electrons. The van der Waals surface area contributed by atoms with Gasteiger partial charge in [-0.2, -0.15) is 0 Å². The molecule has 5 rings (SSSR count). The van der Waals surface area contributed by atoms with Gasteiger partial charge in [0.15, 0.2) is 11.5 Å². The highest BCUT2D eigenvalue weighted by Crippen LogP contribution is 2.39. The van der Waals surface area contributed by atoms with Crippen molar-refractivity contribution in [1.29, 1.82) is 0 Å². The van der Waals surface area contributed by atoms with Crippen molar-refractivity contribution >= 4 is 17.2 Å². The molecule has 2 aliphatic heterocycles. The van der Waals surface area contributed by atoms with Gasteiger partial charge >= 0.3 is 0 Å². The fourth-order valence-electron chi connectivity index (χ4n) is 5.29. The van der Waals surface area contributed by atoms with Gasteiger partial charge in [-0.15, -0.1) is 0 Å². The quantitative estimate of drug-likeness (QED) is 0.542. The van der Waals surface area contributed by atoms with E-state index in [0.29, 0.717) is 31.0 Å². The number of hydrogen-bond acceptors (Lipinski definition) is 6. The van der Waals surface area contributed by atoms with Crippen molar-refractivity contribution in [2.24, 2.45) is 7.05 Å². The molecule has 8 heteroatoms. The topological polar surface area (TPSA) is 76.9 Å². The summed E-state index contributed by atoms with van der Waals surface area (Å²) in [7, 11) is 5.02. The van der Waals surface area contributed by atoms with Crippen LogP contribution in [0.5, 0.6) is 11.5 Å². The van der Waals surface area contributed by atoms with Crippen molar-refractivity contribution in [1.82, 2.24) is 14.5 Å². The van der Waals surface area contributed by atoms with Crippen molar-refractivity contribution in [2.45, 2.75) is 46.3 Å². The number of carbonyl (C=O) groups is 1. The van der Waals surface area contributed by atoms with Crippen LogP contribution in [0.3, 0.4) is 0 Å². The lowest BCUT2D eigenvalue weighted by atomic mass is 9.92. The number of fused-ring (bicyclic) bond motifs is 2. The third-order valence-corrected chi connectivity index (χ3v) is 7.45. The number of nitrogens with zero attached hydrogens (tertiary/aromatic N) is 4. The highest BCUT2D eigenvalue weighted by molar-refractivity contribution is 5.87. The number of amides is 1. The molecule has 0 saturated carbocycles. The maximum absolute atomic E-state index is 12.7. The van der Waals surface area contributed by atoms with E-state index in [4.69, 9.17) is 9.47 Å². The summed E-state index contributed by atoms with van der Waals surface area (Å²) < 4.78 is 12.8. The minimum Gasteiger partial charge on any atom is -0.493 e. The van der Waals surface area contributed by atoms with Crippen molar-refractivity contribution in [3.05, 3.63) is 86.7 Å². The standard InChI is InChI=1S/C29H32N4O4/c1-17-11-21-12-27(36-5)28(37-6)13-23(21)24(15-33(17)19(3)34)20-7-9-22(10-8-20)32-14-25-26(16-32)30-18(2)31(4)29(25)35/h7-10,12-13,15,17H,11,14,16H2,1-6H3. The number of benzene rings is 2. The average Bonchev–Trinajstić information content (AvgIpc) is 3.25. The maximum atomic E-state index is 12.7. The van der Waals surface area contributed by atoms with E-state index in [2.05, 4.69) is 41.1 Å². The van der Waals surface area contributed by atoms with Gasteiger partial charge in [-0.05, 0) is 61.2 Å². The van der Waals surface area contributed by atoms with Gasteiger partial charge in [0.05, 0.1) is 38.6 Å². The molecule has 1 atom stereocenters. The van der Waals surface area contributed by atoms with E-state index >= 15 is 0 Å². The number of aromatic nitrogens is 2. The van der Waals surface area contributed by atoms with E-state index in [1.54, 1.807) is 37.7 Å². The van der Waals surface area contributed by atoms with Gasteiger partial charge in [-0.25, -0.2) is 4.98 Å². The maximum Gasteiger partial charge on any atom is 0.258 e. The molecular formula is C29H32N4O4. The van der Waals surface area contributed by atoms with E-state index in [1.807, 2.05) is 25.3 Å². The molecule has 3 heterocycles. The average molecular weight is 501 g/mol. The number of rotatable bonds is 4. The molecule has 8 nitrogen and oxygen atoms in total. The number of hydrogen-bond donors (Lipinski definition) is 0. The summed E-state index contributed by atoms with van der Waals surface area (Å²) >= 11 is 0. The molecule has 1 aromatic heterocycles. The molecule has 0 bridgehead atoms. The summed E-state index contributed by atoms with van der Waals surface area (Å²) in [6.45, 7) is 6.63. The molecule has 37 heavy (non-hydrogen) atoms. The molecule has 0 saturated heterocycles. The van der Waals surface area contributed by atoms with E-state index < -0.39 is 0 Å². The Kier molecular flexibility index (Phi) is 6.27. The first-order valence-corrected chi connectivity index (χ1v) is 12.4. The molecule has 1 amide bonds. The minimum atomic E-state index is -0.00689. The van der Waals surface area contributed by atoms with E-state index in [0.717, 1.165) is 45.0 Å². The molecule has 0 N–H and O–H groups in total. The van der Waals surface area contributed by atoms with Gasteiger partial charge in [0.2, 0.25) is 5.91 Å². The third kappa shape index (κ3) is 4.26. The summed E-state index contributed by atoms with van der Waals surface area (Å²) in [5, 5.41) is 0. The zero-order valence-corrected chi connectivity index (χ0v) is 22.2. The fourth-order valence-corrected chi connectivity index (χ4v) is 5.29. The minimum absolute atomic E-state index is 0.00667. The van der Waals surface area contributed by atoms with Crippen molar-refractivity contribution in [2.75, 3.05) is 19.1 Å². The smallest absolute Gasteiger partial charge is 0.258 e. The first kappa shape index (κ1) is 24.6. The summed E-state index contributed by atoms with van der Waals surface area (Å²) in [6, 6.07) is 12.2. The normalized spacial score (nSPS) is 16.6. The van der Waals surface area contributed by atoms with Crippen LogP contribution in [0.4, 0.5) is 5.69 Å². The molecule has 0 spiro atoms. The zero-order valence-electron chi connectivity index (χ0n) is 22.2. The molecule has 3 aromatic rings. The first-order chi connectivity index (χ1) is 17.7. The second-order valence-corrected chi connectivity index (χ2v) is 9.74. The van der Waals surface area contributed by atoms with E-state index in [-0.39, 0.29) is 17.5 Å². The van der Waals surface area contributed by atoms with Gasteiger partial charge in [0.1, 0.15) is 5.82 Å². The fraction of sp³-hybridized carbons (Fsp3) is 0.345. The Bertz CT molecular complexity index is 1470. The number of carbonyl (C=O) groups excluding carboxylic acids is 1. The molecule has 2 aliphatic rings. The predicted molar refractivity (Wildman–Crippen MR) is 143 cm³/mol. The van der Waals surface area contributed by atoms with Gasteiger partial charge in [0, 0.05) is 37.5 Å². The molecular weight excluding hydrogens is 468 g/mol. The van der Waals surface area contributed by atoms with Crippen LogP contribution in [-0.4, -0.2) is 40.6 Å². The van der Waals surface area contributed by atoms with E-state index in [1.165, 1.54) is 0 Å². The van der Waals surface area contributed by atoms with Gasteiger partial charge < -0.3 is 19.3 Å². The van der Waals surface area contributed by atoms with Crippen LogP contribution >= 0.6 is 0 Å². The summed E-state index contributed by atoms with van der Waals surface area (Å²) in [6.07, 6.45) is 2.64. The van der Waals surface area contributed by atoms with Crippen LogP contribution in [0.25, 0.3) is 5.57 Å². The van der Waals surface area contributed by atoms with Crippen LogP contribution in [-0.2, 0) is 31.4 Å². The van der Waals surface area contributed by atoms with Gasteiger partial charge in [-0.1, -0.05) is 12.1 Å². The number of ether oxygens (including phenoxy) is 2. The second-order valence-electron chi connectivity index (χ2n) is 9.74. The molecule has 0 fully saturated rings. The lowest BCUT2D eigenvalue weighted by Crippen LogP contribution is -2.33. The Morgan fingerprint density at radius 2 is 1.73 bits per heavy atom. The Morgan fingerprint density at radius 3 is 2.38 bits per heavy atom. The SMILES string of the molecule is COc1cc2c(cc1OC)C(c1ccc(N3Cc4nc(C)n(C)c(=O)c4C3)cc1)=CN(C(C)=O)C(C)C2. The van der Waals surface area contributed by atoms with E-state index in [9.17, 15) is 9.59 Å². The molecule has 0 aliphatic carbocycles.